The normalized spacial score (nSPS) is 13.4. The summed E-state index contributed by atoms with van der Waals surface area (Å²) < 4.78 is 6.95. The Morgan fingerprint density at radius 2 is 2.27 bits per heavy atom. The molecule has 0 bridgehead atoms. The molecule has 1 heterocycles. The maximum Gasteiger partial charge on any atom is 0.0626 e. The Morgan fingerprint density at radius 1 is 1.53 bits per heavy atom. The first-order chi connectivity index (χ1) is 7.13. The molecule has 0 aromatic carbocycles. The molecule has 0 saturated carbocycles. The maximum absolute atomic E-state index is 6.04. The average Bonchev–Trinajstić information content (AvgIpc) is 2.63. The van der Waals surface area contributed by atoms with Gasteiger partial charge >= 0.3 is 0 Å². The van der Waals surface area contributed by atoms with Crippen molar-refractivity contribution >= 4 is 11.6 Å². The lowest BCUT2D eigenvalue weighted by Gasteiger charge is -2.06. The van der Waals surface area contributed by atoms with Crippen LogP contribution in [0.1, 0.15) is 32.0 Å². The van der Waals surface area contributed by atoms with Gasteiger partial charge in [-0.2, -0.15) is 5.10 Å². The van der Waals surface area contributed by atoms with Gasteiger partial charge in [0.2, 0.25) is 0 Å². The second kappa shape index (κ2) is 6.13. The van der Waals surface area contributed by atoms with Gasteiger partial charge in [-0.1, -0.05) is 0 Å². The Bertz CT molecular complexity index is 286. The number of hydrogen-bond donors (Lipinski definition) is 0. The number of rotatable bonds is 6. The molecule has 0 aliphatic carbocycles. The second-order valence-corrected chi connectivity index (χ2v) is 4.59. The lowest BCUT2D eigenvalue weighted by molar-refractivity contribution is 0.195. The predicted octanol–water partition coefficient (Wildman–Crippen LogP) is 2.65. The third-order valence-corrected chi connectivity index (χ3v) is 2.60. The van der Waals surface area contributed by atoms with Gasteiger partial charge in [-0.25, -0.2) is 0 Å². The minimum atomic E-state index is 0.0826. The van der Waals surface area contributed by atoms with E-state index in [2.05, 4.69) is 25.0 Å². The quantitative estimate of drug-likeness (QED) is 0.703. The molecule has 0 N–H and O–H groups in total. The van der Waals surface area contributed by atoms with Crippen molar-refractivity contribution in [1.29, 1.82) is 0 Å². The summed E-state index contributed by atoms with van der Waals surface area (Å²) in [5.74, 6) is 0. The number of methoxy groups -OCH3 is 1. The molecular weight excluding hydrogens is 212 g/mol. The molecule has 1 aromatic heterocycles. The van der Waals surface area contributed by atoms with E-state index in [-0.39, 0.29) is 5.38 Å². The minimum Gasteiger partial charge on any atom is -0.383 e. The monoisotopic (exact) mass is 230 g/mol. The molecule has 1 atom stereocenters. The van der Waals surface area contributed by atoms with Crippen LogP contribution in [0.4, 0.5) is 0 Å². The maximum atomic E-state index is 6.04. The molecular formula is C11H19ClN2O. The van der Waals surface area contributed by atoms with Crippen molar-refractivity contribution in [3.8, 4) is 0 Å². The fourth-order valence-electron chi connectivity index (χ4n) is 1.37. The van der Waals surface area contributed by atoms with Gasteiger partial charge in [-0.15, -0.1) is 11.6 Å². The average molecular weight is 231 g/mol. The largest absolute Gasteiger partial charge is 0.383 e. The van der Waals surface area contributed by atoms with Gasteiger partial charge in [0.1, 0.15) is 0 Å². The zero-order valence-corrected chi connectivity index (χ0v) is 10.4. The molecule has 0 fully saturated rings. The van der Waals surface area contributed by atoms with Crippen LogP contribution in [-0.4, -0.2) is 28.9 Å². The van der Waals surface area contributed by atoms with Gasteiger partial charge in [0.15, 0.2) is 0 Å². The Kier molecular flexibility index (Phi) is 5.12. The summed E-state index contributed by atoms with van der Waals surface area (Å²) in [5, 5.41) is 4.54. The Hall–Kier alpha value is -0.540. The summed E-state index contributed by atoms with van der Waals surface area (Å²) >= 11 is 6.04. The van der Waals surface area contributed by atoms with E-state index in [1.807, 2.05) is 10.9 Å². The van der Waals surface area contributed by atoms with Crippen LogP contribution < -0.4 is 0 Å². The van der Waals surface area contributed by atoms with Crippen molar-refractivity contribution in [3.05, 3.63) is 18.0 Å². The van der Waals surface area contributed by atoms with Crippen molar-refractivity contribution in [2.75, 3.05) is 13.7 Å². The molecule has 4 heteroatoms. The number of halogens is 1. The number of ether oxygens (including phenoxy) is 1. The number of hydrogen-bond acceptors (Lipinski definition) is 2. The highest BCUT2D eigenvalue weighted by molar-refractivity contribution is 6.20. The Balaban J connectivity index is 2.37. The summed E-state index contributed by atoms with van der Waals surface area (Å²) in [4.78, 5) is 0. The van der Waals surface area contributed by atoms with Crippen molar-refractivity contribution < 1.29 is 4.74 Å². The van der Waals surface area contributed by atoms with Crippen molar-refractivity contribution in [1.82, 2.24) is 9.78 Å². The van der Waals surface area contributed by atoms with Crippen LogP contribution in [0.2, 0.25) is 0 Å². The SMILES string of the molecule is COCC(Cl)CCc1ccn(C(C)C)n1. The van der Waals surface area contributed by atoms with E-state index in [1.165, 1.54) is 0 Å². The molecule has 86 valence electrons. The molecule has 0 radical (unpaired) electrons. The summed E-state index contributed by atoms with van der Waals surface area (Å²) in [6.07, 6.45) is 3.83. The topological polar surface area (TPSA) is 27.1 Å². The van der Waals surface area contributed by atoms with Gasteiger partial charge < -0.3 is 4.74 Å². The molecule has 0 spiro atoms. The van der Waals surface area contributed by atoms with E-state index >= 15 is 0 Å². The van der Waals surface area contributed by atoms with E-state index < -0.39 is 0 Å². The summed E-state index contributed by atoms with van der Waals surface area (Å²) in [6, 6.07) is 2.47. The molecule has 1 rings (SSSR count). The van der Waals surface area contributed by atoms with Crippen molar-refractivity contribution in [2.45, 2.75) is 38.1 Å². The van der Waals surface area contributed by atoms with E-state index in [1.54, 1.807) is 7.11 Å². The van der Waals surface area contributed by atoms with Gasteiger partial charge in [0, 0.05) is 19.3 Å². The van der Waals surface area contributed by atoms with E-state index in [0.29, 0.717) is 12.6 Å². The number of aromatic nitrogens is 2. The molecule has 1 aromatic rings. The van der Waals surface area contributed by atoms with E-state index in [0.717, 1.165) is 18.5 Å². The highest BCUT2D eigenvalue weighted by Crippen LogP contribution is 2.10. The Morgan fingerprint density at radius 3 is 2.80 bits per heavy atom. The molecule has 1 unspecified atom stereocenters. The highest BCUT2D eigenvalue weighted by atomic mass is 35.5. The molecule has 0 saturated heterocycles. The van der Waals surface area contributed by atoms with Crippen LogP contribution in [0.25, 0.3) is 0 Å². The fraction of sp³-hybridized carbons (Fsp3) is 0.727. The van der Waals surface area contributed by atoms with Crippen LogP contribution in [0.15, 0.2) is 12.3 Å². The van der Waals surface area contributed by atoms with Gasteiger partial charge in [-0.3, -0.25) is 4.68 Å². The number of aryl methyl sites for hydroxylation is 1. The third-order valence-electron chi connectivity index (χ3n) is 2.25. The molecule has 3 nitrogen and oxygen atoms in total. The molecule has 15 heavy (non-hydrogen) atoms. The van der Waals surface area contributed by atoms with Crippen LogP contribution >= 0.6 is 11.6 Å². The lowest BCUT2D eigenvalue weighted by Crippen LogP contribution is -2.09. The number of nitrogens with zero attached hydrogens (tertiary/aromatic N) is 2. The van der Waals surface area contributed by atoms with Crippen LogP contribution in [0, 0.1) is 0 Å². The first kappa shape index (κ1) is 12.5. The summed E-state index contributed by atoms with van der Waals surface area (Å²) in [7, 11) is 1.67. The van der Waals surface area contributed by atoms with Crippen molar-refractivity contribution in [2.24, 2.45) is 0 Å². The van der Waals surface area contributed by atoms with Crippen LogP contribution in [0.3, 0.4) is 0 Å². The smallest absolute Gasteiger partial charge is 0.0626 e. The van der Waals surface area contributed by atoms with Gasteiger partial charge in [-0.05, 0) is 32.8 Å². The first-order valence-corrected chi connectivity index (χ1v) is 5.74. The van der Waals surface area contributed by atoms with Crippen LogP contribution in [-0.2, 0) is 11.2 Å². The Labute approximate surface area is 96.4 Å². The first-order valence-electron chi connectivity index (χ1n) is 5.30. The van der Waals surface area contributed by atoms with Gasteiger partial charge in [0.05, 0.1) is 17.7 Å². The standard InChI is InChI=1S/C11H19ClN2O/c1-9(2)14-7-6-11(13-14)5-4-10(12)8-15-3/h6-7,9-10H,4-5,8H2,1-3H3. The van der Waals surface area contributed by atoms with E-state index in [4.69, 9.17) is 16.3 Å². The minimum absolute atomic E-state index is 0.0826. The zero-order chi connectivity index (χ0) is 11.3. The second-order valence-electron chi connectivity index (χ2n) is 3.97. The third kappa shape index (κ3) is 4.22. The zero-order valence-electron chi connectivity index (χ0n) is 9.61. The van der Waals surface area contributed by atoms with Gasteiger partial charge in [0.25, 0.3) is 0 Å². The molecule has 0 aliphatic heterocycles. The summed E-state index contributed by atoms with van der Waals surface area (Å²) in [5.41, 5.74) is 1.10. The molecule has 0 aliphatic rings. The van der Waals surface area contributed by atoms with Crippen molar-refractivity contribution in [3.63, 3.8) is 0 Å². The molecule has 0 amide bonds. The fourth-order valence-corrected chi connectivity index (χ4v) is 1.60. The highest BCUT2D eigenvalue weighted by Gasteiger charge is 2.07. The van der Waals surface area contributed by atoms with E-state index in [9.17, 15) is 0 Å². The lowest BCUT2D eigenvalue weighted by atomic mass is 10.2. The van der Waals surface area contributed by atoms with Crippen LogP contribution in [0.5, 0.6) is 0 Å². The number of alkyl halides is 1. The summed E-state index contributed by atoms with van der Waals surface area (Å²) in [6.45, 7) is 4.84. The predicted molar refractivity (Wildman–Crippen MR) is 62.5 cm³/mol.